The second kappa shape index (κ2) is 10.2. The minimum atomic E-state index is -0.541. The second-order valence-electron chi connectivity index (χ2n) is 8.66. The normalized spacial score (nSPS) is 14.7. The van der Waals surface area contributed by atoms with E-state index in [9.17, 15) is 18.4 Å². The van der Waals surface area contributed by atoms with E-state index in [1.165, 1.54) is 43.5 Å². The van der Waals surface area contributed by atoms with Crippen LogP contribution in [0.2, 0.25) is 0 Å². The molecule has 0 saturated carbocycles. The van der Waals surface area contributed by atoms with Crippen molar-refractivity contribution in [2.24, 2.45) is 0 Å². The number of benzene rings is 3. The number of nitrogens with one attached hydrogen (secondary N) is 1. The summed E-state index contributed by atoms with van der Waals surface area (Å²) in [6.07, 6.45) is 1.89. The number of halogens is 2. The molecule has 1 aliphatic heterocycles. The Labute approximate surface area is 211 Å². The Hall–Kier alpha value is -4.53. The Balaban J connectivity index is 1.32. The molecule has 1 unspecified atom stereocenters. The standard InChI is InChI=1S/C28H23F2N3O4/c1-17(34)33-12-11-18-7-10-23(14-24(18)27(33)19-5-8-20(29)9-6-19)36-16-26-32-25(15-37-26)28(35)31-22-4-2-3-21(30)13-22/h2-10,13-15,27H,11-12,16H2,1H3,(H,31,35). The SMILES string of the molecule is CC(=O)N1CCc2ccc(OCc3nc(C(=O)Nc4cccc(F)c4)co3)cc2C1c1ccc(F)cc1. The van der Waals surface area contributed by atoms with Gasteiger partial charge in [0.25, 0.3) is 5.91 Å². The zero-order chi connectivity index (χ0) is 25.9. The maximum atomic E-state index is 13.6. The molecule has 1 aromatic heterocycles. The van der Waals surface area contributed by atoms with E-state index in [2.05, 4.69) is 10.3 Å². The quantitative estimate of drug-likeness (QED) is 0.387. The summed E-state index contributed by atoms with van der Waals surface area (Å²) >= 11 is 0. The number of oxazole rings is 1. The Bertz CT molecular complexity index is 1450. The van der Waals surface area contributed by atoms with Crippen LogP contribution in [0.3, 0.4) is 0 Å². The van der Waals surface area contributed by atoms with Crippen LogP contribution < -0.4 is 10.1 Å². The molecule has 4 aromatic rings. The van der Waals surface area contributed by atoms with Crippen molar-refractivity contribution in [1.29, 1.82) is 0 Å². The van der Waals surface area contributed by atoms with Gasteiger partial charge in [0.15, 0.2) is 12.3 Å². The molecule has 37 heavy (non-hydrogen) atoms. The topological polar surface area (TPSA) is 84.7 Å². The average molecular weight is 504 g/mol. The van der Waals surface area contributed by atoms with E-state index in [1.54, 1.807) is 23.1 Å². The van der Waals surface area contributed by atoms with Crippen LogP contribution in [0.1, 0.15) is 46.0 Å². The molecule has 1 N–H and O–H groups in total. The van der Waals surface area contributed by atoms with E-state index in [0.717, 1.165) is 16.7 Å². The summed E-state index contributed by atoms with van der Waals surface area (Å²) in [4.78, 5) is 30.7. The second-order valence-corrected chi connectivity index (χ2v) is 8.66. The van der Waals surface area contributed by atoms with Gasteiger partial charge < -0.3 is 19.4 Å². The van der Waals surface area contributed by atoms with E-state index in [4.69, 9.17) is 9.15 Å². The number of aromatic nitrogens is 1. The molecular weight excluding hydrogens is 480 g/mol. The Morgan fingerprint density at radius 3 is 2.65 bits per heavy atom. The summed E-state index contributed by atoms with van der Waals surface area (Å²) < 4.78 is 38.2. The van der Waals surface area contributed by atoms with Gasteiger partial charge in [0.1, 0.15) is 23.6 Å². The van der Waals surface area contributed by atoms with Gasteiger partial charge in [-0.25, -0.2) is 13.8 Å². The van der Waals surface area contributed by atoms with Crippen LogP contribution in [-0.2, 0) is 17.8 Å². The van der Waals surface area contributed by atoms with E-state index >= 15 is 0 Å². The number of anilines is 1. The molecular formula is C28H23F2N3O4. The van der Waals surface area contributed by atoms with Gasteiger partial charge in [-0.1, -0.05) is 24.3 Å². The highest BCUT2D eigenvalue weighted by molar-refractivity contribution is 6.02. The molecule has 188 valence electrons. The molecule has 0 bridgehead atoms. The molecule has 0 saturated heterocycles. The van der Waals surface area contributed by atoms with Gasteiger partial charge in [-0.3, -0.25) is 9.59 Å². The Kier molecular flexibility index (Phi) is 6.68. The fourth-order valence-electron chi connectivity index (χ4n) is 4.41. The molecule has 2 amide bonds. The number of amides is 2. The van der Waals surface area contributed by atoms with Crippen molar-refractivity contribution < 1.29 is 27.5 Å². The zero-order valence-corrected chi connectivity index (χ0v) is 19.9. The van der Waals surface area contributed by atoms with E-state index in [-0.39, 0.29) is 36.0 Å². The molecule has 0 aliphatic carbocycles. The van der Waals surface area contributed by atoms with Gasteiger partial charge in [0.05, 0.1) is 6.04 Å². The van der Waals surface area contributed by atoms with Crippen molar-refractivity contribution in [3.05, 3.63) is 113 Å². The van der Waals surface area contributed by atoms with Crippen molar-refractivity contribution in [1.82, 2.24) is 9.88 Å². The number of rotatable bonds is 6. The Morgan fingerprint density at radius 1 is 1.08 bits per heavy atom. The lowest BCUT2D eigenvalue weighted by Crippen LogP contribution is -2.39. The number of nitrogens with zero attached hydrogens (tertiary/aromatic N) is 2. The summed E-state index contributed by atoms with van der Waals surface area (Å²) in [5.41, 5.74) is 3.10. The molecule has 5 rings (SSSR count). The Morgan fingerprint density at radius 2 is 1.89 bits per heavy atom. The third-order valence-electron chi connectivity index (χ3n) is 6.17. The molecule has 1 aliphatic rings. The molecule has 9 heteroatoms. The molecule has 3 aromatic carbocycles. The first-order valence-electron chi connectivity index (χ1n) is 11.7. The number of hydrogen-bond donors (Lipinski definition) is 1. The molecule has 2 heterocycles. The van der Waals surface area contributed by atoms with E-state index in [1.807, 2.05) is 18.2 Å². The summed E-state index contributed by atoms with van der Waals surface area (Å²) in [6, 6.07) is 16.9. The first-order valence-corrected chi connectivity index (χ1v) is 11.7. The average Bonchev–Trinajstić information content (AvgIpc) is 3.36. The fraction of sp³-hybridized carbons (Fsp3) is 0.179. The van der Waals surface area contributed by atoms with Crippen LogP contribution in [0.15, 0.2) is 77.4 Å². The maximum absolute atomic E-state index is 13.6. The van der Waals surface area contributed by atoms with E-state index < -0.39 is 11.7 Å². The molecule has 0 radical (unpaired) electrons. The van der Waals surface area contributed by atoms with E-state index in [0.29, 0.717) is 24.4 Å². The van der Waals surface area contributed by atoms with Crippen molar-refractivity contribution in [2.75, 3.05) is 11.9 Å². The molecule has 7 nitrogen and oxygen atoms in total. The lowest BCUT2D eigenvalue weighted by atomic mass is 9.88. The van der Waals surface area contributed by atoms with Gasteiger partial charge in [-0.2, -0.15) is 0 Å². The number of carbonyl (C=O) groups excluding carboxylic acids is 2. The smallest absolute Gasteiger partial charge is 0.277 e. The largest absolute Gasteiger partial charge is 0.484 e. The fourth-order valence-corrected chi connectivity index (χ4v) is 4.41. The van der Waals surface area contributed by atoms with Gasteiger partial charge in [-0.15, -0.1) is 0 Å². The predicted octanol–water partition coefficient (Wildman–Crippen LogP) is 5.28. The lowest BCUT2D eigenvalue weighted by molar-refractivity contribution is -0.130. The number of fused-ring (bicyclic) bond motifs is 1. The minimum Gasteiger partial charge on any atom is -0.484 e. The van der Waals surface area contributed by atoms with Crippen molar-refractivity contribution >= 4 is 17.5 Å². The highest BCUT2D eigenvalue weighted by Crippen LogP contribution is 2.37. The zero-order valence-electron chi connectivity index (χ0n) is 19.9. The van der Waals surface area contributed by atoms with Gasteiger partial charge >= 0.3 is 0 Å². The van der Waals surface area contributed by atoms with Crippen molar-refractivity contribution in [3.63, 3.8) is 0 Å². The first-order chi connectivity index (χ1) is 17.9. The molecule has 0 fully saturated rings. The number of carbonyl (C=O) groups is 2. The maximum Gasteiger partial charge on any atom is 0.277 e. The monoisotopic (exact) mass is 503 g/mol. The van der Waals surface area contributed by atoms with Crippen LogP contribution >= 0.6 is 0 Å². The van der Waals surface area contributed by atoms with Gasteiger partial charge in [0.2, 0.25) is 11.8 Å². The summed E-state index contributed by atoms with van der Waals surface area (Å²) in [5, 5.41) is 2.56. The van der Waals surface area contributed by atoms with Crippen LogP contribution in [0.5, 0.6) is 5.75 Å². The highest BCUT2D eigenvalue weighted by atomic mass is 19.1. The van der Waals surface area contributed by atoms with Crippen molar-refractivity contribution in [2.45, 2.75) is 26.0 Å². The minimum absolute atomic E-state index is 0.0294. The van der Waals surface area contributed by atoms with Crippen molar-refractivity contribution in [3.8, 4) is 5.75 Å². The number of ether oxygens (including phenoxy) is 1. The van der Waals surface area contributed by atoms with Crippen LogP contribution in [0.4, 0.5) is 14.5 Å². The lowest BCUT2D eigenvalue weighted by Gasteiger charge is -2.37. The summed E-state index contributed by atoms with van der Waals surface area (Å²) in [7, 11) is 0. The summed E-state index contributed by atoms with van der Waals surface area (Å²) in [6.45, 7) is 2.04. The molecule has 1 atom stereocenters. The van der Waals surface area contributed by atoms with Gasteiger partial charge in [-0.05, 0) is 65.6 Å². The summed E-state index contributed by atoms with van der Waals surface area (Å²) in [5.74, 6) is -0.717. The first kappa shape index (κ1) is 24.2. The number of hydrogen-bond acceptors (Lipinski definition) is 5. The van der Waals surface area contributed by atoms with Gasteiger partial charge in [0, 0.05) is 19.2 Å². The van der Waals surface area contributed by atoms with Crippen LogP contribution in [-0.4, -0.2) is 28.2 Å². The van der Waals surface area contributed by atoms with Crippen LogP contribution in [0, 0.1) is 11.6 Å². The van der Waals surface area contributed by atoms with Crippen LogP contribution in [0.25, 0.3) is 0 Å². The third kappa shape index (κ3) is 5.35. The third-order valence-corrected chi connectivity index (χ3v) is 6.17. The highest BCUT2D eigenvalue weighted by Gasteiger charge is 2.31. The predicted molar refractivity (Wildman–Crippen MR) is 131 cm³/mol. The molecule has 0 spiro atoms.